The molecule has 0 radical (unpaired) electrons. The highest BCUT2D eigenvalue weighted by molar-refractivity contribution is 7.99. The van der Waals surface area contributed by atoms with Crippen molar-refractivity contribution < 1.29 is 22.7 Å². The van der Waals surface area contributed by atoms with E-state index < -0.39 is 29.8 Å². The molecule has 0 aliphatic carbocycles. The van der Waals surface area contributed by atoms with Crippen molar-refractivity contribution in [2.75, 3.05) is 12.4 Å². The number of fused-ring (bicyclic) bond motifs is 1. The maximum atomic E-state index is 13.8. The second kappa shape index (κ2) is 4.36. The number of rotatable bonds is 1. The Hall–Kier alpha value is -0.860. The molecule has 3 nitrogen and oxygen atoms in total. The van der Waals surface area contributed by atoms with Gasteiger partial charge in [-0.25, -0.2) is 9.37 Å². The van der Waals surface area contributed by atoms with Crippen LogP contribution in [0, 0.1) is 5.82 Å². The van der Waals surface area contributed by atoms with E-state index in [2.05, 4.69) is 4.98 Å². The van der Waals surface area contributed by atoms with Gasteiger partial charge in [0.2, 0.25) is 0 Å². The molecule has 2 rings (SSSR count). The zero-order valence-electron chi connectivity index (χ0n) is 9.09. The molecule has 1 aromatic heterocycles. The fraction of sp³-hybridized carbons (Fsp3) is 0.500. The van der Waals surface area contributed by atoms with E-state index in [-0.39, 0.29) is 10.5 Å². The fourth-order valence-corrected chi connectivity index (χ4v) is 3.10. The quantitative estimate of drug-likeness (QED) is 0.772. The smallest absolute Gasteiger partial charge is 0.394 e. The van der Waals surface area contributed by atoms with Crippen molar-refractivity contribution in [1.82, 2.24) is 4.98 Å². The van der Waals surface area contributed by atoms with Crippen LogP contribution in [0.1, 0.15) is 17.7 Å². The third-order valence-electron chi connectivity index (χ3n) is 2.86. The van der Waals surface area contributed by atoms with Gasteiger partial charge in [0, 0.05) is 17.5 Å². The largest absolute Gasteiger partial charge is 0.436 e. The number of hydrogen-bond acceptors (Lipinski definition) is 4. The highest BCUT2D eigenvalue weighted by atomic mass is 32.2. The van der Waals surface area contributed by atoms with Gasteiger partial charge in [-0.1, -0.05) is 0 Å². The SMILES string of the molecule is N[C@@]1(CO)CCSc2c1cnc(C(F)(F)F)c2F. The van der Waals surface area contributed by atoms with Crippen LogP contribution in [0.5, 0.6) is 0 Å². The molecule has 0 amide bonds. The third kappa shape index (κ3) is 2.08. The van der Waals surface area contributed by atoms with Gasteiger partial charge in [0.05, 0.1) is 17.0 Å². The number of thioether (sulfide) groups is 1. The first-order valence-electron chi connectivity index (χ1n) is 5.08. The number of pyridine rings is 1. The molecular formula is C10H10F4N2OS. The van der Waals surface area contributed by atoms with E-state index >= 15 is 0 Å². The minimum absolute atomic E-state index is 0.131. The summed E-state index contributed by atoms with van der Waals surface area (Å²) in [6.45, 7) is -0.465. The second-order valence-electron chi connectivity index (χ2n) is 4.07. The number of aliphatic hydroxyl groups is 1. The monoisotopic (exact) mass is 282 g/mol. The van der Waals surface area contributed by atoms with E-state index in [1.807, 2.05) is 0 Å². The van der Waals surface area contributed by atoms with Crippen LogP contribution in [0.4, 0.5) is 17.6 Å². The summed E-state index contributed by atoms with van der Waals surface area (Å²) in [5.41, 5.74) is 3.21. The molecule has 1 aromatic rings. The van der Waals surface area contributed by atoms with Crippen molar-refractivity contribution in [3.05, 3.63) is 23.3 Å². The number of alkyl halides is 3. The Balaban J connectivity index is 2.60. The van der Waals surface area contributed by atoms with Crippen molar-refractivity contribution in [2.24, 2.45) is 5.73 Å². The number of nitrogens with zero attached hydrogens (tertiary/aromatic N) is 1. The van der Waals surface area contributed by atoms with Crippen LogP contribution >= 0.6 is 11.8 Å². The fourth-order valence-electron chi connectivity index (χ4n) is 1.80. The molecule has 0 saturated heterocycles. The number of aromatic nitrogens is 1. The van der Waals surface area contributed by atoms with Gasteiger partial charge in [-0.15, -0.1) is 11.8 Å². The van der Waals surface area contributed by atoms with Gasteiger partial charge in [-0.2, -0.15) is 13.2 Å². The molecule has 0 saturated carbocycles. The molecule has 18 heavy (non-hydrogen) atoms. The van der Waals surface area contributed by atoms with Crippen LogP contribution in [0.3, 0.4) is 0 Å². The third-order valence-corrected chi connectivity index (χ3v) is 3.95. The Morgan fingerprint density at radius 3 is 2.72 bits per heavy atom. The summed E-state index contributed by atoms with van der Waals surface area (Å²) < 4.78 is 51.3. The number of halogens is 4. The van der Waals surface area contributed by atoms with Crippen LogP contribution in [0.2, 0.25) is 0 Å². The summed E-state index contributed by atoms with van der Waals surface area (Å²) in [6, 6.07) is 0. The van der Waals surface area contributed by atoms with E-state index in [1.54, 1.807) is 0 Å². The van der Waals surface area contributed by atoms with E-state index in [0.29, 0.717) is 12.2 Å². The number of aliphatic hydroxyl groups excluding tert-OH is 1. The van der Waals surface area contributed by atoms with Gasteiger partial charge >= 0.3 is 6.18 Å². The summed E-state index contributed by atoms with van der Waals surface area (Å²) >= 11 is 0.957. The van der Waals surface area contributed by atoms with Crippen molar-refractivity contribution >= 4 is 11.8 Å². The zero-order valence-corrected chi connectivity index (χ0v) is 9.91. The molecule has 1 aliphatic rings. The van der Waals surface area contributed by atoms with Crippen LogP contribution in [-0.2, 0) is 11.7 Å². The Bertz CT molecular complexity index is 480. The van der Waals surface area contributed by atoms with Crippen molar-refractivity contribution in [1.29, 1.82) is 0 Å². The molecule has 1 aliphatic heterocycles. The first-order chi connectivity index (χ1) is 8.29. The standard InChI is InChI=1S/C10H10F4N2OS/c11-6-7-5(3-16-8(6)10(12,13)14)9(15,4-17)1-2-18-7/h3,17H,1-2,4,15H2/t9-/m1/s1. The normalized spacial score (nSPS) is 23.9. The predicted octanol–water partition coefficient (Wildman–Crippen LogP) is 1.88. The second-order valence-corrected chi connectivity index (χ2v) is 5.18. The molecule has 0 aromatic carbocycles. The molecular weight excluding hydrogens is 272 g/mol. The summed E-state index contributed by atoms with van der Waals surface area (Å²) in [7, 11) is 0. The van der Waals surface area contributed by atoms with E-state index in [0.717, 1.165) is 18.0 Å². The lowest BCUT2D eigenvalue weighted by atomic mass is 9.89. The number of hydrogen-bond donors (Lipinski definition) is 2. The average molecular weight is 282 g/mol. The lowest BCUT2D eigenvalue weighted by Gasteiger charge is -2.33. The average Bonchev–Trinajstić information content (AvgIpc) is 2.29. The molecule has 100 valence electrons. The van der Waals surface area contributed by atoms with E-state index in [4.69, 9.17) is 5.73 Å². The molecule has 3 N–H and O–H groups in total. The number of nitrogens with two attached hydrogens (primary N) is 1. The summed E-state index contributed by atoms with van der Waals surface area (Å²) in [5.74, 6) is -1.06. The minimum atomic E-state index is -4.84. The minimum Gasteiger partial charge on any atom is -0.394 e. The van der Waals surface area contributed by atoms with E-state index in [9.17, 15) is 22.7 Å². The van der Waals surface area contributed by atoms with Gasteiger partial charge in [-0.05, 0) is 6.42 Å². The van der Waals surface area contributed by atoms with Crippen LogP contribution in [0.25, 0.3) is 0 Å². The molecule has 1 atom stereocenters. The van der Waals surface area contributed by atoms with Crippen LogP contribution in [0.15, 0.2) is 11.1 Å². The van der Waals surface area contributed by atoms with Crippen molar-refractivity contribution in [2.45, 2.75) is 23.0 Å². The van der Waals surface area contributed by atoms with Gasteiger partial charge in [-0.3, -0.25) is 0 Å². The van der Waals surface area contributed by atoms with Gasteiger partial charge in [0.25, 0.3) is 0 Å². The Labute approximate surface area is 104 Å². The summed E-state index contributed by atoms with van der Waals surface area (Å²) in [6.07, 6.45) is -3.58. The highest BCUT2D eigenvalue weighted by Gasteiger charge is 2.41. The first kappa shape index (κ1) is 13.6. The molecule has 0 spiro atoms. The van der Waals surface area contributed by atoms with Crippen molar-refractivity contribution in [3.63, 3.8) is 0 Å². The molecule has 0 unspecified atom stereocenters. The lowest BCUT2D eigenvalue weighted by Crippen LogP contribution is -2.43. The van der Waals surface area contributed by atoms with E-state index in [1.165, 1.54) is 0 Å². The zero-order chi connectivity index (χ0) is 13.6. The molecule has 2 heterocycles. The Kier molecular flexibility index (Phi) is 3.28. The van der Waals surface area contributed by atoms with Crippen LogP contribution < -0.4 is 5.73 Å². The predicted molar refractivity (Wildman–Crippen MR) is 57.5 cm³/mol. The maximum absolute atomic E-state index is 13.8. The van der Waals surface area contributed by atoms with Gasteiger partial charge in [0.15, 0.2) is 11.5 Å². The highest BCUT2D eigenvalue weighted by Crippen LogP contribution is 2.42. The molecule has 8 heteroatoms. The Morgan fingerprint density at radius 1 is 1.50 bits per heavy atom. The maximum Gasteiger partial charge on any atom is 0.436 e. The topological polar surface area (TPSA) is 59.1 Å². The van der Waals surface area contributed by atoms with Crippen LogP contribution in [-0.4, -0.2) is 22.5 Å². The summed E-state index contributed by atoms with van der Waals surface area (Å²) in [5, 5.41) is 9.21. The van der Waals surface area contributed by atoms with Gasteiger partial charge in [0.1, 0.15) is 0 Å². The Morgan fingerprint density at radius 2 is 2.17 bits per heavy atom. The first-order valence-corrected chi connectivity index (χ1v) is 6.07. The van der Waals surface area contributed by atoms with Crippen molar-refractivity contribution in [3.8, 4) is 0 Å². The summed E-state index contributed by atoms with van der Waals surface area (Å²) in [4.78, 5) is 2.94. The molecule has 0 bridgehead atoms. The van der Waals surface area contributed by atoms with Gasteiger partial charge < -0.3 is 10.8 Å². The lowest BCUT2D eigenvalue weighted by molar-refractivity contribution is -0.144. The molecule has 0 fully saturated rings.